The highest BCUT2D eigenvalue weighted by molar-refractivity contribution is 7.82. The number of imide groups is 1. The summed E-state index contributed by atoms with van der Waals surface area (Å²) in [5, 5.41) is 1.89. The van der Waals surface area contributed by atoms with Gasteiger partial charge in [-0.25, -0.2) is 4.90 Å². The molecular weight excluding hydrogens is 304 g/mol. The maximum atomic E-state index is 11.9. The number of aryl methyl sites for hydroxylation is 1. The number of anilines is 1. The summed E-state index contributed by atoms with van der Waals surface area (Å²) in [5.41, 5.74) is 1.42. The van der Waals surface area contributed by atoms with E-state index in [1.54, 1.807) is 24.3 Å². The Hall–Kier alpha value is -2.15. The van der Waals surface area contributed by atoms with Gasteiger partial charge in [0.25, 0.3) is 0 Å². The van der Waals surface area contributed by atoms with E-state index >= 15 is 0 Å². The lowest BCUT2D eigenvalue weighted by molar-refractivity contribution is -0.122. The van der Waals surface area contributed by atoms with Crippen molar-refractivity contribution in [1.82, 2.24) is 5.32 Å². The molecule has 1 aromatic rings. The van der Waals surface area contributed by atoms with Gasteiger partial charge in [-0.2, -0.15) is 12.6 Å². The van der Waals surface area contributed by atoms with E-state index in [-0.39, 0.29) is 37.1 Å². The Kier molecular flexibility index (Phi) is 5.32. The molecule has 1 heterocycles. The number of carbonyl (C=O) groups is 4. The number of benzene rings is 1. The Morgan fingerprint density at radius 2 is 2.00 bits per heavy atom. The zero-order valence-electron chi connectivity index (χ0n) is 11.8. The number of amides is 3. The summed E-state index contributed by atoms with van der Waals surface area (Å²) >= 11 is 4.08. The van der Waals surface area contributed by atoms with Gasteiger partial charge in [-0.05, 0) is 24.1 Å². The third-order valence-corrected chi connectivity index (χ3v) is 3.74. The largest absolute Gasteiger partial charge is 0.349 e. The van der Waals surface area contributed by atoms with Crippen LogP contribution >= 0.6 is 12.6 Å². The van der Waals surface area contributed by atoms with E-state index in [2.05, 4.69) is 17.9 Å². The van der Waals surface area contributed by atoms with Crippen LogP contribution in [0.2, 0.25) is 0 Å². The second-order valence-corrected chi connectivity index (χ2v) is 5.55. The average Bonchev–Trinajstić information content (AvgIpc) is 2.76. The summed E-state index contributed by atoms with van der Waals surface area (Å²) in [6, 6.07) is 6.91. The highest BCUT2D eigenvalue weighted by atomic mass is 32.1. The number of thiol groups is 1. The van der Waals surface area contributed by atoms with Crippen molar-refractivity contribution >= 4 is 42.3 Å². The fourth-order valence-electron chi connectivity index (χ4n) is 2.20. The summed E-state index contributed by atoms with van der Waals surface area (Å²) in [6.07, 6.45) is 1.53. The quantitative estimate of drug-likeness (QED) is 0.454. The average molecular weight is 320 g/mol. The molecule has 116 valence electrons. The van der Waals surface area contributed by atoms with Gasteiger partial charge in [0.15, 0.2) is 0 Å². The number of hydrogen-bond acceptors (Lipinski definition) is 5. The minimum absolute atomic E-state index is 0.0157. The number of nitrogens with zero attached hydrogens (tertiary/aromatic N) is 1. The maximum absolute atomic E-state index is 11.9. The second kappa shape index (κ2) is 7.22. The zero-order chi connectivity index (χ0) is 16.1. The van der Waals surface area contributed by atoms with Crippen LogP contribution in [0.15, 0.2) is 24.3 Å². The molecule has 1 N–H and O–H groups in total. The highest BCUT2D eigenvalue weighted by Gasteiger charge is 2.37. The molecule has 22 heavy (non-hydrogen) atoms. The van der Waals surface area contributed by atoms with Crippen molar-refractivity contribution < 1.29 is 19.2 Å². The second-order valence-electron chi connectivity index (χ2n) is 4.92. The lowest BCUT2D eigenvalue weighted by atomic mass is 10.1. The smallest absolute Gasteiger partial charge is 0.247 e. The summed E-state index contributed by atoms with van der Waals surface area (Å²) < 4.78 is 0. The van der Waals surface area contributed by atoms with Gasteiger partial charge in [0.1, 0.15) is 6.29 Å². The van der Waals surface area contributed by atoms with Crippen molar-refractivity contribution in [2.75, 3.05) is 11.4 Å². The molecule has 1 fully saturated rings. The lowest BCUT2D eigenvalue weighted by Crippen LogP contribution is -2.30. The predicted octanol–water partition coefficient (Wildman–Crippen LogP) is 0.496. The van der Waals surface area contributed by atoms with Gasteiger partial charge in [-0.1, -0.05) is 12.1 Å². The molecule has 1 aliphatic heterocycles. The normalized spacial score (nSPS) is 17.7. The number of aldehydes is 1. The minimum atomic E-state index is -0.575. The van der Waals surface area contributed by atoms with Crippen molar-refractivity contribution in [3.63, 3.8) is 0 Å². The van der Waals surface area contributed by atoms with Gasteiger partial charge in [-0.15, -0.1) is 0 Å². The van der Waals surface area contributed by atoms with Gasteiger partial charge in [0, 0.05) is 12.8 Å². The first-order valence-electron chi connectivity index (χ1n) is 6.87. The Labute approximate surface area is 133 Å². The third-order valence-electron chi connectivity index (χ3n) is 3.34. The van der Waals surface area contributed by atoms with E-state index in [0.29, 0.717) is 18.4 Å². The first-order valence-corrected chi connectivity index (χ1v) is 7.38. The minimum Gasteiger partial charge on any atom is -0.349 e. The topological polar surface area (TPSA) is 83.6 Å². The van der Waals surface area contributed by atoms with Crippen LogP contribution in [0.25, 0.3) is 0 Å². The molecule has 0 saturated carbocycles. The van der Waals surface area contributed by atoms with E-state index in [1.807, 2.05) is 0 Å². The van der Waals surface area contributed by atoms with Crippen LogP contribution in [0.5, 0.6) is 0 Å². The molecule has 0 spiro atoms. The molecule has 7 heteroatoms. The monoisotopic (exact) mass is 320 g/mol. The Balaban J connectivity index is 1.96. The third kappa shape index (κ3) is 3.73. The molecule has 2 rings (SSSR count). The highest BCUT2D eigenvalue weighted by Crippen LogP contribution is 2.25. The molecule has 0 aromatic heterocycles. The molecule has 0 aliphatic carbocycles. The SMILES string of the molecule is O=CCNC(=O)CCc1ccc(N2C(=O)CC(S)C2=O)cc1. The number of carbonyl (C=O) groups excluding carboxylic acids is 4. The van der Waals surface area contributed by atoms with Gasteiger partial charge >= 0.3 is 0 Å². The van der Waals surface area contributed by atoms with Gasteiger partial charge in [0.05, 0.1) is 17.5 Å². The van der Waals surface area contributed by atoms with Gasteiger partial charge in [0.2, 0.25) is 17.7 Å². The predicted molar refractivity (Wildman–Crippen MR) is 83.7 cm³/mol. The summed E-state index contributed by atoms with van der Waals surface area (Å²) in [7, 11) is 0. The van der Waals surface area contributed by atoms with Crippen molar-refractivity contribution in [1.29, 1.82) is 0 Å². The van der Waals surface area contributed by atoms with E-state index in [0.717, 1.165) is 10.5 Å². The molecule has 1 saturated heterocycles. The van der Waals surface area contributed by atoms with Crippen molar-refractivity contribution in [2.24, 2.45) is 0 Å². The van der Waals surface area contributed by atoms with Crippen LogP contribution in [0.1, 0.15) is 18.4 Å². The molecule has 1 atom stereocenters. The molecular formula is C15H16N2O4S. The number of nitrogens with one attached hydrogen (secondary N) is 1. The van der Waals surface area contributed by atoms with Gasteiger partial charge < -0.3 is 10.1 Å². The van der Waals surface area contributed by atoms with Gasteiger partial charge in [-0.3, -0.25) is 14.4 Å². The Bertz CT molecular complexity index is 600. The van der Waals surface area contributed by atoms with Crippen LogP contribution in [-0.2, 0) is 25.6 Å². The maximum Gasteiger partial charge on any atom is 0.247 e. The Morgan fingerprint density at radius 3 is 2.55 bits per heavy atom. The van der Waals surface area contributed by atoms with E-state index in [4.69, 9.17) is 0 Å². The van der Waals surface area contributed by atoms with Crippen LogP contribution < -0.4 is 10.2 Å². The number of hydrogen-bond donors (Lipinski definition) is 2. The van der Waals surface area contributed by atoms with Crippen molar-refractivity contribution in [3.8, 4) is 0 Å². The first kappa shape index (κ1) is 16.2. The van der Waals surface area contributed by atoms with Crippen molar-refractivity contribution in [3.05, 3.63) is 29.8 Å². The zero-order valence-corrected chi connectivity index (χ0v) is 12.7. The fourth-order valence-corrected chi connectivity index (χ4v) is 2.47. The molecule has 0 radical (unpaired) electrons. The first-order chi connectivity index (χ1) is 10.5. The number of rotatable bonds is 6. The molecule has 6 nitrogen and oxygen atoms in total. The lowest BCUT2D eigenvalue weighted by Gasteiger charge is -2.14. The fraction of sp³-hybridized carbons (Fsp3) is 0.333. The van der Waals surface area contributed by atoms with Crippen LogP contribution in [0.3, 0.4) is 0 Å². The molecule has 0 bridgehead atoms. The van der Waals surface area contributed by atoms with Crippen LogP contribution in [0, 0.1) is 0 Å². The summed E-state index contributed by atoms with van der Waals surface area (Å²) in [5.74, 6) is -0.765. The summed E-state index contributed by atoms with van der Waals surface area (Å²) in [6.45, 7) is 0.0157. The molecule has 3 amide bonds. The van der Waals surface area contributed by atoms with Crippen molar-refractivity contribution in [2.45, 2.75) is 24.5 Å². The van der Waals surface area contributed by atoms with E-state index in [1.165, 1.54) is 0 Å². The molecule has 1 aliphatic rings. The standard InChI is InChI=1S/C15H16N2O4S/c18-8-7-16-13(19)6-3-10-1-4-11(5-2-10)17-14(20)9-12(22)15(17)21/h1-2,4-5,8,12,22H,3,6-7,9H2,(H,16,19). The molecule has 1 aromatic carbocycles. The van der Waals surface area contributed by atoms with E-state index in [9.17, 15) is 19.2 Å². The van der Waals surface area contributed by atoms with Crippen LogP contribution in [0.4, 0.5) is 5.69 Å². The van der Waals surface area contributed by atoms with Crippen LogP contribution in [-0.4, -0.2) is 35.8 Å². The van der Waals surface area contributed by atoms with E-state index < -0.39 is 5.25 Å². The molecule has 1 unspecified atom stereocenters. The summed E-state index contributed by atoms with van der Waals surface area (Å²) in [4.78, 5) is 46.3. The Morgan fingerprint density at radius 1 is 1.32 bits per heavy atom.